The van der Waals surface area contributed by atoms with Crippen molar-refractivity contribution in [3.8, 4) is 5.75 Å². The third-order valence-corrected chi connectivity index (χ3v) is 2.85. The number of hydrogen-bond acceptors (Lipinski definition) is 2. The lowest BCUT2D eigenvalue weighted by Gasteiger charge is -2.17. The molecule has 0 spiro atoms. The second kappa shape index (κ2) is 2.86. The van der Waals surface area contributed by atoms with Crippen LogP contribution in [0.1, 0.15) is 25.6 Å². The van der Waals surface area contributed by atoms with Gasteiger partial charge in [0.2, 0.25) is 0 Å². The highest BCUT2D eigenvalue weighted by Gasteiger charge is 2.19. The van der Waals surface area contributed by atoms with Crippen molar-refractivity contribution in [2.75, 3.05) is 7.11 Å². The maximum Gasteiger partial charge on any atom is 0.133 e. The van der Waals surface area contributed by atoms with Crippen LogP contribution in [0.3, 0.4) is 0 Å². The number of thiophene rings is 1. The zero-order chi connectivity index (χ0) is 8.48. The number of ether oxygens (including phenoxy) is 1. The van der Waals surface area contributed by atoms with Gasteiger partial charge in [0.15, 0.2) is 0 Å². The smallest absolute Gasteiger partial charge is 0.133 e. The van der Waals surface area contributed by atoms with E-state index >= 15 is 0 Å². The minimum Gasteiger partial charge on any atom is -0.496 e. The average molecular weight is 170 g/mol. The van der Waals surface area contributed by atoms with Crippen LogP contribution in [0, 0.1) is 0 Å². The molecule has 0 saturated heterocycles. The van der Waals surface area contributed by atoms with Crippen LogP contribution in [0.4, 0.5) is 0 Å². The molecule has 0 N–H and O–H groups in total. The fourth-order valence-electron chi connectivity index (χ4n) is 1.00. The Kier molecular flexibility index (Phi) is 2.23. The van der Waals surface area contributed by atoms with Crippen LogP contribution >= 0.6 is 11.3 Å². The molecule has 0 fully saturated rings. The van der Waals surface area contributed by atoms with Crippen molar-refractivity contribution in [3.05, 3.63) is 16.3 Å². The molecule has 1 aromatic heterocycles. The fraction of sp³-hybridized carbons (Fsp3) is 0.556. The van der Waals surface area contributed by atoms with E-state index in [9.17, 15) is 0 Å². The summed E-state index contributed by atoms with van der Waals surface area (Å²) in [7, 11) is 1.72. The number of rotatable bonds is 1. The summed E-state index contributed by atoms with van der Waals surface area (Å²) in [6.07, 6.45) is 0. The van der Waals surface area contributed by atoms with Gasteiger partial charge >= 0.3 is 0 Å². The molecule has 1 aromatic rings. The highest BCUT2D eigenvalue weighted by atomic mass is 32.1. The first-order valence-corrected chi connectivity index (χ1v) is 4.55. The van der Waals surface area contributed by atoms with Gasteiger partial charge in [-0.15, -0.1) is 11.3 Å². The molecule has 0 saturated carbocycles. The van der Waals surface area contributed by atoms with Crippen molar-refractivity contribution in [1.82, 2.24) is 0 Å². The molecule has 0 aliphatic heterocycles. The summed E-state index contributed by atoms with van der Waals surface area (Å²) in [6.45, 7) is 6.59. The molecule has 1 nitrogen and oxygen atoms in total. The Morgan fingerprint density at radius 1 is 1.36 bits per heavy atom. The SMILES string of the molecule is COc1ccsc1C(C)(C)C. The molecular formula is C9H14OS. The van der Waals surface area contributed by atoms with Crippen LogP contribution < -0.4 is 4.74 Å². The van der Waals surface area contributed by atoms with E-state index in [1.165, 1.54) is 4.88 Å². The lowest BCUT2D eigenvalue weighted by atomic mass is 9.94. The van der Waals surface area contributed by atoms with Gasteiger partial charge < -0.3 is 4.74 Å². The van der Waals surface area contributed by atoms with E-state index in [0.29, 0.717) is 0 Å². The van der Waals surface area contributed by atoms with Crippen molar-refractivity contribution in [1.29, 1.82) is 0 Å². The molecule has 0 amide bonds. The van der Waals surface area contributed by atoms with Gasteiger partial charge in [-0.25, -0.2) is 0 Å². The van der Waals surface area contributed by atoms with Gasteiger partial charge in [0, 0.05) is 0 Å². The third-order valence-electron chi connectivity index (χ3n) is 1.53. The zero-order valence-electron chi connectivity index (χ0n) is 7.47. The van der Waals surface area contributed by atoms with E-state index in [0.717, 1.165) is 5.75 Å². The monoisotopic (exact) mass is 170 g/mol. The summed E-state index contributed by atoms with van der Waals surface area (Å²) in [5, 5.41) is 2.07. The summed E-state index contributed by atoms with van der Waals surface area (Å²) < 4.78 is 5.22. The Morgan fingerprint density at radius 2 is 2.00 bits per heavy atom. The molecule has 0 bridgehead atoms. The first kappa shape index (κ1) is 8.60. The van der Waals surface area contributed by atoms with Crippen LogP contribution in [0.15, 0.2) is 11.4 Å². The third kappa shape index (κ3) is 1.74. The van der Waals surface area contributed by atoms with Crippen molar-refractivity contribution >= 4 is 11.3 Å². The molecule has 0 aromatic carbocycles. The van der Waals surface area contributed by atoms with Crippen molar-refractivity contribution in [3.63, 3.8) is 0 Å². The van der Waals surface area contributed by atoms with Crippen LogP contribution in [0.25, 0.3) is 0 Å². The summed E-state index contributed by atoms with van der Waals surface area (Å²) >= 11 is 1.76. The molecule has 11 heavy (non-hydrogen) atoms. The molecule has 0 aliphatic rings. The number of methoxy groups -OCH3 is 1. The van der Waals surface area contributed by atoms with Crippen molar-refractivity contribution in [2.45, 2.75) is 26.2 Å². The maximum atomic E-state index is 5.22. The topological polar surface area (TPSA) is 9.23 Å². The van der Waals surface area contributed by atoms with Crippen LogP contribution in [0.2, 0.25) is 0 Å². The van der Waals surface area contributed by atoms with Crippen LogP contribution in [-0.4, -0.2) is 7.11 Å². The van der Waals surface area contributed by atoms with Gasteiger partial charge in [-0.2, -0.15) is 0 Å². The fourth-order valence-corrected chi connectivity index (χ4v) is 1.95. The first-order valence-electron chi connectivity index (χ1n) is 3.67. The Labute approximate surface area is 72.0 Å². The van der Waals surface area contributed by atoms with Crippen molar-refractivity contribution < 1.29 is 4.74 Å². The standard InChI is InChI=1S/C9H14OS/c1-9(2,3)8-7(10-4)5-6-11-8/h5-6H,1-4H3. The van der Waals surface area contributed by atoms with Gasteiger partial charge in [-0.05, 0) is 16.9 Å². The predicted molar refractivity (Wildman–Crippen MR) is 49.6 cm³/mol. The molecule has 0 aliphatic carbocycles. The normalized spacial score (nSPS) is 11.6. The molecule has 2 heteroatoms. The van der Waals surface area contributed by atoms with E-state index in [4.69, 9.17) is 4.74 Å². The summed E-state index contributed by atoms with van der Waals surface area (Å²) in [5.74, 6) is 1.02. The quantitative estimate of drug-likeness (QED) is 0.629. The van der Waals surface area contributed by atoms with E-state index < -0.39 is 0 Å². The molecule has 0 atom stereocenters. The van der Waals surface area contributed by atoms with E-state index in [2.05, 4.69) is 26.2 Å². The molecular weight excluding hydrogens is 156 g/mol. The lowest BCUT2D eigenvalue weighted by Crippen LogP contribution is -2.09. The second-order valence-electron chi connectivity index (χ2n) is 3.57. The van der Waals surface area contributed by atoms with Crippen molar-refractivity contribution in [2.24, 2.45) is 0 Å². The minimum absolute atomic E-state index is 0.208. The Balaban J connectivity index is 3.02. The van der Waals surface area contributed by atoms with Gasteiger partial charge in [-0.3, -0.25) is 0 Å². The highest BCUT2D eigenvalue weighted by molar-refractivity contribution is 7.10. The summed E-state index contributed by atoms with van der Waals surface area (Å²) in [5.41, 5.74) is 0.208. The second-order valence-corrected chi connectivity index (χ2v) is 4.48. The van der Waals surface area contributed by atoms with Gasteiger partial charge in [0.25, 0.3) is 0 Å². The molecule has 1 rings (SSSR count). The summed E-state index contributed by atoms with van der Waals surface area (Å²) in [4.78, 5) is 1.32. The highest BCUT2D eigenvalue weighted by Crippen LogP contribution is 2.35. The van der Waals surface area contributed by atoms with Crippen LogP contribution in [-0.2, 0) is 5.41 Å². The average Bonchev–Trinajstić information content (AvgIpc) is 2.31. The van der Waals surface area contributed by atoms with Gasteiger partial charge in [-0.1, -0.05) is 20.8 Å². The molecule has 0 unspecified atom stereocenters. The largest absolute Gasteiger partial charge is 0.496 e. The van der Waals surface area contributed by atoms with E-state index in [-0.39, 0.29) is 5.41 Å². The molecule has 0 radical (unpaired) electrons. The number of hydrogen-bond donors (Lipinski definition) is 0. The van der Waals surface area contributed by atoms with E-state index in [1.54, 1.807) is 18.4 Å². The summed E-state index contributed by atoms with van der Waals surface area (Å²) in [6, 6.07) is 2.02. The molecule has 1 heterocycles. The predicted octanol–water partition coefficient (Wildman–Crippen LogP) is 3.05. The van der Waals surface area contributed by atoms with Gasteiger partial charge in [0.1, 0.15) is 5.75 Å². The van der Waals surface area contributed by atoms with E-state index in [1.807, 2.05) is 6.07 Å². The Hall–Kier alpha value is -0.500. The Morgan fingerprint density at radius 3 is 2.36 bits per heavy atom. The Bertz CT molecular complexity index is 232. The lowest BCUT2D eigenvalue weighted by molar-refractivity contribution is 0.402. The van der Waals surface area contributed by atoms with Gasteiger partial charge in [0.05, 0.1) is 12.0 Å². The first-order chi connectivity index (χ1) is 5.05. The molecule has 62 valence electrons. The van der Waals surface area contributed by atoms with Crippen LogP contribution in [0.5, 0.6) is 5.75 Å². The maximum absolute atomic E-state index is 5.22. The zero-order valence-corrected chi connectivity index (χ0v) is 8.29. The minimum atomic E-state index is 0.208.